The minimum Gasteiger partial charge on any atom is -0.0773 e. The molecule has 82 valence electrons. The minimum absolute atomic E-state index is 0.900. The fourth-order valence-corrected chi connectivity index (χ4v) is 3.94. The first-order chi connectivity index (χ1) is 7.83. The molecule has 1 saturated carbocycles. The fourth-order valence-electron chi connectivity index (χ4n) is 3.94. The van der Waals surface area contributed by atoms with E-state index in [0.717, 1.165) is 11.8 Å². The van der Waals surface area contributed by atoms with Gasteiger partial charge in [0.2, 0.25) is 0 Å². The van der Waals surface area contributed by atoms with Gasteiger partial charge in [-0.2, -0.15) is 0 Å². The highest BCUT2D eigenvalue weighted by atomic mass is 14.4. The quantitative estimate of drug-likeness (QED) is 0.659. The van der Waals surface area contributed by atoms with Crippen molar-refractivity contribution in [2.24, 2.45) is 11.8 Å². The largest absolute Gasteiger partial charge is 0.0773 e. The molecule has 0 amide bonds. The molecule has 0 N–H and O–H groups in total. The first-order valence-corrected chi connectivity index (χ1v) is 6.66. The van der Waals surface area contributed by atoms with Crippen LogP contribution in [0.5, 0.6) is 0 Å². The SMILES string of the molecule is Cc1ccc(C2=CC3CCC2C3)c2c1CC2. The lowest BCUT2D eigenvalue weighted by molar-refractivity contribution is 0.694. The maximum Gasteiger partial charge on any atom is -0.0153 e. The molecule has 0 aliphatic heterocycles. The van der Waals surface area contributed by atoms with E-state index in [1.54, 1.807) is 22.3 Å². The van der Waals surface area contributed by atoms with Crippen LogP contribution in [0.2, 0.25) is 0 Å². The lowest BCUT2D eigenvalue weighted by Crippen LogP contribution is -2.14. The Balaban J connectivity index is 1.84. The molecule has 2 bridgehead atoms. The molecule has 0 saturated heterocycles. The van der Waals surface area contributed by atoms with Gasteiger partial charge in [-0.1, -0.05) is 18.2 Å². The van der Waals surface area contributed by atoms with Crippen LogP contribution in [0.25, 0.3) is 5.57 Å². The van der Waals surface area contributed by atoms with Crippen LogP contribution < -0.4 is 0 Å². The van der Waals surface area contributed by atoms with E-state index in [4.69, 9.17) is 0 Å². The van der Waals surface area contributed by atoms with Gasteiger partial charge in [0.05, 0.1) is 0 Å². The zero-order valence-electron chi connectivity index (χ0n) is 9.92. The number of benzene rings is 1. The van der Waals surface area contributed by atoms with E-state index in [1.165, 1.54) is 37.7 Å². The summed E-state index contributed by atoms with van der Waals surface area (Å²) in [6, 6.07) is 4.72. The molecule has 2 unspecified atom stereocenters. The second kappa shape index (κ2) is 3.00. The van der Waals surface area contributed by atoms with E-state index in [1.807, 2.05) is 0 Å². The van der Waals surface area contributed by atoms with Crippen LogP contribution in [-0.2, 0) is 12.8 Å². The van der Waals surface area contributed by atoms with Gasteiger partial charge in [0.15, 0.2) is 0 Å². The molecule has 0 aromatic heterocycles. The Bertz CT molecular complexity index is 493. The van der Waals surface area contributed by atoms with Crippen LogP contribution in [0.4, 0.5) is 0 Å². The Labute approximate surface area is 97.4 Å². The van der Waals surface area contributed by atoms with Crippen molar-refractivity contribution in [3.8, 4) is 0 Å². The highest BCUT2D eigenvalue weighted by Crippen LogP contribution is 2.49. The van der Waals surface area contributed by atoms with Gasteiger partial charge in [0.1, 0.15) is 0 Å². The Morgan fingerprint density at radius 2 is 1.94 bits per heavy atom. The van der Waals surface area contributed by atoms with Gasteiger partial charge in [0, 0.05) is 0 Å². The topological polar surface area (TPSA) is 0 Å². The van der Waals surface area contributed by atoms with Gasteiger partial charge in [-0.15, -0.1) is 0 Å². The van der Waals surface area contributed by atoms with Crippen molar-refractivity contribution in [3.05, 3.63) is 40.5 Å². The highest BCUT2D eigenvalue weighted by molar-refractivity contribution is 5.75. The summed E-state index contributed by atoms with van der Waals surface area (Å²) in [5.41, 5.74) is 8.15. The van der Waals surface area contributed by atoms with E-state index in [2.05, 4.69) is 25.1 Å². The number of fused-ring (bicyclic) bond motifs is 3. The van der Waals surface area contributed by atoms with Gasteiger partial charge in [-0.25, -0.2) is 0 Å². The molecular weight excluding hydrogens is 192 g/mol. The number of hydrogen-bond acceptors (Lipinski definition) is 0. The molecule has 3 aliphatic carbocycles. The summed E-state index contributed by atoms with van der Waals surface area (Å²) < 4.78 is 0. The zero-order valence-corrected chi connectivity index (χ0v) is 9.92. The van der Waals surface area contributed by atoms with Crippen molar-refractivity contribution in [3.63, 3.8) is 0 Å². The number of hydrogen-bond donors (Lipinski definition) is 0. The van der Waals surface area contributed by atoms with Crippen LogP contribution >= 0.6 is 0 Å². The van der Waals surface area contributed by atoms with Crippen molar-refractivity contribution < 1.29 is 0 Å². The van der Waals surface area contributed by atoms with E-state index >= 15 is 0 Å². The fraction of sp³-hybridized carbons (Fsp3) is 0.500. The summed E-state index contributed by atoms with van der Waals surface area (Å²) >= 11 is 0. The van der Waals surface area contributed by atoms with Gasteiger partial charge >= 0.3 is 0 Å². The molecule has 2 atom stereocenters. The van der Waals surface area contributed by atoms with Crippen molar-refractivity contribution in [1.82, 2.24) is 0 Å². The third-order valence-corrected chi connectivity index (χ3v) is 4.93. The van der Waals surface area contributed by atoms with Crippen molar-refractivity contribution >= 4 is 5.57 Å². The minimum atomic E-state index is 0.900. The molecule has 0 nitrogen and oxygen atoms in total. The van der Waals surface area contributed by atoms with Crippen LogP contribution in [0.3, 0.4) is 0 Å². The molecular formula is C16H18. The molecule has 3 aliphatic rings. The maximum atomic E-state index is 2.58. The van der Waals surface area contributed by atoms with E-state index < -0.39 is 0 Å². The average molecular weight is 210 g/mol. The molecule has 1 aromatic rings. The summed E-state index contributed by atoms with van der Waals surface area (Å²) in [6.07, 6.45) is 9.55. The second-order valence-corrected chi connectivity index (χ2v) is 5.78. The first-order valence-electron chi connectivity index (χ1n) is 6.66. The third kappa shape index (κ3) is 1.05. The predicted molar refractivity (Wildman–Crippen MR) is 67.4 cm³/mol. The maximum absolute atomic E-state index is 2.58. The van der Waals surface area contributed by atoms with E-state index in [0.29, 0.717) is 0 Å². The molecule has 1 fully saturated rings. The number of allylic oxidation sites excluding steroid dienone is 2. The average Bonchev–Trinajstić information content (AvgIpc) is 2.81. The molecule has 16 heavy (non-hydrogen) atoms. The first kappa shape index (κ1) is 9.04. The van der Waals surface area contributed by atoms with Crippen LogP contribution in [-0.4, -0.2) is 0 Å². The summed E-state index contributed by atoms with van der Waals surface area (Å²) in [4.78, 5) is 0. The monoisotopic (exact) mass is 210 g/mol. The molecule has 4 rings (SSSR count). The molecule has 0 radical (unpaired) electrons. The Morgan fingerprint density at radius 3 is 2.56 bits per heavy atom. The van der Waals surface area contributed by atoms with E-state index in [-0.39, 0.29) is 0 Å². The Morgan fingerprint density at radius 1 is 1.06 bits per heavy atom. The van der Waals surface area contributed by atoms with Gasteiger partial charge in [-0.3, -0.25) is 0 Å². The van der Waals surface area contributed by atoms with E-state index in [9.17, 15) is 0 Å². The lowest BCUT2D eigenvalue weighted by atomic mass is 9.77. The van der Waals surface area contributed by atoms with Gasteiger partial charge in [-0.05, 0) is 78.7 Å². The summed E-state index contributed by atoms with van der Waals surface area (Å²) in [7, 11) is 0. The second-order valence-electron chi connectivity index (χ2n) is 5.78. The number of rotatable bonds is 1. The van der Waals surface area contributed by atoms with Crippen molar-refractivity contribution in [2.45, 2.75) is 39.0 Å². The molecule has 0 spiro atoms. The van der Waals surface area contributed by atoms with Crippen molar-refractivity contribution in [2.75, 3.05) is 0 Å². The van der Waals surface area contributed by atoms with Crippen LogP contribution in [0, 0.1) is 18.8 Å². The predicted octanol–water partition coefficient (Wildman–Crippen LogP) is 3.91. The lowest BCUT2D eigenvalue weighted by Gasteiger charge is -2.27. The summed E-state index contributed by atoms with van der Waals surface area (Å²) in [6.45, 7) is 2.26. The molecule has 0 heterocycles. The van der Waals surface area contributed by atoms with Gasteiger partial charge in [0.25, 0.3) is 0 Å². The number of aryl methyl sites for hydroxylation is 1. The third-order valence-electron chi connectivity index (χ3n) is 4.93. The van der Waals surface area contributed by atoms with Gasteiger partial charge < -0.3 is 0 Å². The molecule has 1 aromatic carbocycles. The zero-order chi connectivity index (χ0) is 10.7. The highest BCUT2D eigenvalue weighted by Gasteiger charge is 2.35. The summed E-state index contributed by atoms with van der Waals surface area (Å²) in [5.74, 6) is 1.81. The van der Waals surface area contributed by atoms with Crippen LogP contribution in [0.1, 0.15) is 41.5 Å². The summed E-state index contributed by atoms with van der Waals surface area (Å²) in [5, 5.41) is 0. The Hall–Kier alpha value is -1.04. The van der Waals surface area contributed by atoms with Crippen LogP contribution in [0.15, 0.2) is 18.2 Å². The standard InChI is InChI=1S/C16H18/c1-10-2-5-15(14-7-6-13(10)14)16-9-11-3-4-12(16)8-11/h2,5,9,11-12H,3-4,6-8H2,1H3. The normalized spacial score (nSPS) is 29.9. The smallest absolute Gasteiger partial charge is 0.0153 e. The molecule has 0 heteroatoms. The Kier molecular flexibility index (Phi) is 1.69. The van der Waals surface area contributed by atoms with Crippen molar-refractivity contribution in [1.29, 1.82) is 0 Å².